The zero-order valence-corrected chi connectivity index (χ0v) is 27.4. The largest absolute Gasteiger partial charge is 0.481 e. The lowest BCUT2D eigenvalue weighted by Crippen LogP contribution is -2.43. The Hall–Kier alpha value is -3.93. The molecule has 8 heteroatoms. The quantitative estimate of drug-likeness (QED) is 0.360. The number of methoxy groups -OCH3 is 1. The Balaban J connectivity index is 1.26. The van der Waals surface area contributed by atoms with Crippen molar-refractivity contribution >= 4 is 17.4 Å². The molecule has 6 rings (SSSR count). The smallest absolute Gasteiger partial charge is 0.220 e. The average molecular weight is 622 g/mol. The van der Waals surface area contributed by atoms with Crippen LogP contribution in [-0.4, -0.2) is 67.1 Å². The van der Waals surface area contributed by atoms with Crippen LogP contribution in [0.5, 0.6) is 5.88 Å². The van der Waals surface area contributed by atoms with Crippen molar-refractivity contribution in [1.82, 2.24) is 25.8 Å². The van der Waals surface area contributed by atoms with Gasteiger partial charge in [0.2, 0.25) is 17.7 Å². The van der Waals surface area contributed by atoms with Crippen LogP contribution in [0.15, 0.2) is 60.7 Å². The first kappa shape index (κ1) is 32.0. The molecule has 0 spiro atoms. The molecule has 0 saturated carbocycles. The number of carbonyl (C=O) groups is 2. The third kappa shape index (κ3) is 6.77. The molecular weight excluding hydrogens is 574 g/mol. The molecule has 3 atom stereocenters. The molecular formula is C38H47N5O3. The monoisotopic (exact) mass is 621 g/mol. The summed E-state index contributed by atoms with van der Waals surface area (Å²) in [5, 5.41) is 9.61. The van der Waals surface area contributed by atoms with Crippen LogP contribution in [0.25, 0.3) is 5.57 Å². The maximum absolute atomic E-state index is 11.7. The van der Waals surface area contributed by atoms with E-state index in [0.717, 1.165) is 56.6 Å². The first-order valence-electron chi connectivity index (χ1n) is 16.8. The van der Waals surface area contributed by atoms with Crippen LogP contribution >= 0.6 is 0 Å². The lowest BCUT2D eigenvalue weighted by Gasteiger charge is -2.45. The third-order valence-corrected chi connectivity index (χ3v) is 10.3. The molecule has 4 heterocycles. The number of nitrogens with zero attached hydrogens (tertiary/aromatic N) is 2. The maximum Gasteiger partial charge on any atom is 0.220 e. The second kappa shape index (κ2) is 13.8. The van der Waals surface area contributed by atoms with E-state index in [9.17, 15) is 9.59 Å². The summed E-state index contributed by atoms with van der Waals surface area (Å²) in [5.74, 6) is 8.77. The summed E-state index contributed by atoms with van der Waals surface area (Å²) in [5.41, 5.74) is 3.19. The second-order valence-electron chi connectivity index (χ2n) is 13.7. The van der Waals surface area contributed by atoms with E-state index >= 15 is 0 Å². The third-order valence-electron chi connectivity index (χ3n) is 10.3. The number of likely N-dealkylation sites (tertiary alicyclic amines) is 1. The van der Waals surface area contributed by atoms with E-state index in [1.165, 1.54) is 11.1 Å². The van der Waals surface area contributed by atoms with Gasteiger partial charge in [0.25, 0.3) is 0 Å². The highest BCUT2D eigenvalue weighted by Gasteiger charge is 2.49. The molecule has 3 saturated heterocycles. The fourth-order valence-electron chi connectivity index (χ4n) is 7.47. The fourth-order valence-corrected chi connectivity index (χ4v) is 7.47. The predicted molar refractivity (Wildman–Crippen MR) is 181 cm³/mol. The molecule has 3 N–H and O–H groups in total. The first-order valence-corrected chi connectivity index (χ1v) is 16.8. The molecule has 8 nitrogen and oxygen atoms in total. The molecule has 3 aliphatic heterocycles. The Morgan fingerprint density at radius 1 is 0.978 bits per heavy atom. The van der Waals surface area contributed by atoms with Crippen LogP contribution in [0.1, 0.15) is 69.2 Å². The summed E-state index contributed by atoms with van der Waals surface area (Å²) in [7, 11) is 1.67. The zero-order chi connectivity index (χ0) is 32.1. The molecule has 4 aliphatic rings. The molecule has 1 aromatic heterocycles. The van der Waals surface area contributed by atoms with Gasteiger partial charge in [-0.05, 0) is 56.0 Å². The average Bonchev–Trinajstić information content (AvgIpc) is 3.68. The minimum Gasteiger partial charge on any atom is -0.481 e. The SMILES string of the molecule is COc1nc(C2(C#CC3CCN(C[C@@H]4CCC(=O)N4)CC3)C=CC=C(c3ccccc3)C2(C)C)ccc1CNC[C@@H]1CCC(=O)N1. The van der Waals surface area contributed by atoms with E-state index in [2.05, 4.69) is 107 Å². The highest BCUT2D eigenvalue weighted by atomic mass is 16.5. The summed E-state index contributed by atoms with van der Waals surface area (Å²) in [6.45, 7) is 8.78. The molecule has 0 bridgehead atoms. The first-order chi connectivity index (χ1) is 22.3. The van der Waals surface area contributed by atoms with Gasteiger partial charge in [-0.25, -0.2) is 4.98 Å². The lowest BCUT2D eigenvalue weighted by molar-refractivity contribution is -0.120. The summed E-state index contributed by atoms with van der Waals surface area (Å²) in [6, 6.07) is 15.2. The minimum atomic E-state index is -0.675. The van der Waals surface area contributed by atoms with Gasteiger partial charge < -0.3 is 25.6 Å². The van der Waals surface area contributed by atoms with Crippen molar-refractivity contribution in [2.45, 2.75) is 76.4 Å². The van der Waals surface area contributed by atoms with E-state index < -0.39 is 10.8 Å². The number of aromatic nitrogens is 1. The van der Waals surface area contributed by atoms with Gasteiger partial charge in [-0.3, -0.25) is 9.59 Å². The Bertz CT molecular complexity index is 1550. The highest BCUT2D eigenvalue weighted by Crippen LogP contribution is 2.53. The highest BCUT2D eigenvalue weighted by molar-refractivity contribution is 5.79. The van der Waals surface area contributed by atoms with Gasteiger partial charge in [-0.2, -0.15) is 0 Å². The van der Waals surface area contributed by atoms with Crippen molar-refractivity contribution in [2.24, 2.45) is 11.3 Å². The van der Waals surface area contributed by atoms with Gasteiger partial charge in [0.05, 0.1) is 12.8 Å². The number of hydrogen-bond acceptors (Lipinski definition) is 6. The molecule has 0 radical (unpaired) electrons. The van der Waals surface area contributed by atoms with Gasteiger partial charge in [0, 0.05) is 61.5 Å². The number of amides is 2. The van der Waals surface area contributed by atoms with Crippen molar-refractivity contribution in [3.63, 3.8) is 0 Å². The van der Waals surface area contributed by atoms with E-state index in [-0.39, 0.29) is 23.9 Å². The van der Waals surface area contributed by atoms with E-state index in [1.807, 2.05) is 0 Å². The van der Waals surface area contributed by atoms with Crippen molar-refractivity contribution in [3.05, 3.63) is 77.5 Å². The molecule has 2 aromatic rings. The van der Waals surface area contributed by atoms with Crippen LogP contribution in [0, 0.1) is 23.2 Å². The zero-order valence-electron chi connectivity index (χ0n) is 27.4. The molecule has 2 amide bonds. The Morgan fingerprint density at radius 2 is 1.70 bits per heavy atom. The number of carbonyl (C=O) groups excluding carboxylic acids is 2. The maximum atomic E-state index is 11.7. The van der Waals surface area contributed by atoms with Gasteiger partial charge >= 0.3 is 0 Å². The van der Waals surface area contributed by atoms with E-state index in [0.29, 0.717) is 37.7 Å². The summed E-state index contributed by atoms with van der Waals surface area (Å²) in [4.78, 5) is 30.9. The van der Waals surface area contributed by atoms with Crippen molar-refractivity contribution in [1.29, 1.82) is 0 Å². The van der Waals surface area contributed by atoms with E-state index in [1.54, 1.807) is 7.11 Å². The summed E-state index contributed by atoms with van der Waals surface area (Å²) >= 11 is 0. The van der Waals surface area contributed by atoms with Crippen LogP contribution < -0.4 is 20.7 Å². The topological polar surface area (TPSA) is 95.6 Å². The van der Waals surface area contributed by atoms with Gasteiger partial charge in [0.1, 0.15) is 5.41 Å². The van der Waals surface area contributed by atoms with Crippen LogP contribution in [-0.2, 0) is 21.5 Å². The molecule has 46 heavy (non-hydrogen) atoms. The predicted octanol–water partition coefficient (Wildman–Crippen LogP) is 4.37. The van der Waals surface area contributed by atoms with E-state index in [4.69, 9.17) is 9.72 Å². The van der Waals surface area contributed by atoms with Crippen molar-refractivity contribution in [2.75, 3.05) is 33.3 Å². The molecule has 1 aromatic carbocycles. The standard InChI is InChI=1S/C38H47N5O3/c1-37(2)32(28-8-5-4-6-9-28)10-7-20-38(37,21-17-27-18-22-43(23-19-27)26-31-13-16-35(45)41-31)33-14-11-29(36(42-33)46-3)24-39-25-30-12-15-34(44)40-30/h4-11,14,20,27,30-31,39H,12-13,15-16,18-19,22-26H2,1-3H3,(H,40,44)(H,41,45)/t30-,31-,38?/m0/s1. The number of ether oxygens (including phenoxy) is 1. The number of allylic oxidation sites excluding steroid dienone is 4. The molecule has 3 fully saturated rings. The number of nitrogens with one attached hydrogen (secondary N) is 3. The number of rotatable bonds is 9. The van der Waals surface area contributed by atoms with Crippen molar-refractivity contribution in [3.8, 4) is 17.7 Å². The number of benzene rings is 1. The Kier molecular flexibility index (Phi) is 9.62. The van der Waals surface area contributed by atoms with Gasteiger partial charge in [-0.15, -0.1) is 0 Å². The van der Waals surface area contributed by atoms with Crippen LogP contribution in [0.2, 0.25) is 0 Å². The Morgan fingerprint density at radius 3 is 2.37 bits per heavy atom. The lowest BCUT2D eigenvalue weighted by atomic mass is 9.57. The molecule has 1 aliphatic carbocycles. The summed E-state index contributed by atoms with van der Waals surface area (Å²) < 4.78 is 5.87. The summed E-state index contributed by atoms with van der Waals surface area (Å²) in [6.07, 6.45) is 11.6. The number of piperidine rings is 1. The van der Waals surface area contributed by atoms with Crippen LogP contribution in [0.3, 0.4) is 0 Å². The number of pyridine rings is 1. The Labute approximate surface area is 273 Å². The van der Waals surface area contributed by atoms with Crippen molar-refractivity contribution < 1.29 is 14.3 Å². The van der Waals surface area contributed by atoms with Gasteiger partial charge in [0.15, 0.2) is 0 Å². The molecule has 1 unspecified atom stereocenters. The molecule has 242 valence electrons. The second-order valence-corrected chi connectivity index (χ2v) is 13.7. The van der Waals surface area contributed by atoms with Gasteiger partial charge in [-0.1, -0.05) is 80.3 Å². The normalized spacial score (nSPS) is 26.2. The van der Waals surface area contributed by atoms with Crippen LogP contribution in [0.4, 0.5) is 0 Å². The fraction of sp³-hybridized carbons (Fsp3) is 0.500. The minimum absolute atomic E-state index is 0.124. The number of hydrogen-bond donors (Lipinski definition) is 3.